The van der Waals surface area contributed by atoms with Crippen LogP contribution in [0.25, 0.3) is 0 Å². The summed E-state index contributed by atoms with van der Waals surface area (Å²) in [6.07, 6.45) is 2.99. The van der Waals surface area contributed by atoms with Gasteiger partial charge in [-0.05, 0) is 12.8 Å². The van der Waals surface area contributed by atoms with Gasteiger partial charge in [-0.15, -0.1) is 0 Å². The molecule has 1 unspecified atom stereocenters. The molecule has 0 spiro atoms. The van der Waals surface area contributed by atoms with Crippen LogP contribution in [0.1, 0.15) is 26.2 Å². The quantitative estimate of drug-likeness (QED) is 0.584. The molecule has 1 saturated heterocycles. The molecule has 0 bridgehead atoms. The Bertz CT molecular complexity index is 108. The van der Waals surface area contributed by atoms with Crippen LogP contribution in [-0.4, -0.2) is 26.3 Å². The fourth-order valence-corrected chi connectivity index (χ4v) is 1.33. The van der Waals surface area contributed by atoms with E-state index in [9.17, 15) is 0 Å². The summed E-state index contributed by atoms with van der Waals surface area (Å²) < 4.78 is 15.8. The van der Waals surface area contributed by atoms with Crippen molar-refractivity contribution in [3.63, 3.8) is 0 Å². The largest absolute Gasteiger partial charge is 0.359 e. The maximum absolute atomic E-state index is 5.49. The Morgan fingerprint density at radius 1 is 1.55 bits per heavy atom. The lowest BCUT2D eigenvalue weighted by molar-refractivity contribution is -0.248. The average Bonchev–Trinajstić information content (AvgIpc) is 2.50. The van der Waals surface area contributed by atoms with Crippen LogP contribution in [0, 0.1) is 0 Å². The number of ether oxygens (including phenoxy) is 3. The van der Waals surface area contributed by atoms with Crippen LogP contribution in [0.2, 0.25) is 0 Å². The lowest BCUT2D eigenvalue weighted by atomic mass is 10.1. The van der Waals surface area contributed by atoms with E-state index in [-0.39, 0.29) is 5.79 Å². The first kappa shape index (κ1) is 8.97. The zero-order valence-electron chi connectivity index (χ0n) is 7.26. The second-order valence-electron chi connectivity index (χ2n) is 2.77. The van der Waals surface area contributed by atoms with E-state index in [1.165, 1.54) is 0 Å². The van der Waals surface area contributed by atoms with Gasteiger partial charge in [-0.25, -0.2) is 0 Å². The van der Waals surface area contributed by atoms with E-state index in [1.807, 2.05) is 0 Å². The van der Waals surface area contributed by atoms with Gasteiger partial charge in [0.05, 0.1) is 6.61 Å². The fraction of sp³-hybridized carbons (Fsp3) is 1.00. The SMILES string of the molecule is CCC1(OCOC)CCCO1. The lowest BCUT2D eigenvalue weighted by Gasteiger charge is -2.26. The first-order valence-electron chi connectivity index (χ1n) is 4.10. The third-order valence-electron chi connectivity index (χ3n) is 2.05. The first-order chi connectivity index (χ1) is 5.33. The molecule has 3 nitrogen and oxygen atoms in total. The fourth-order valence-electron chi connectivity index (χ4n) is 1.33. The maximum Gasteiger partial charge on any atom is 0.170 e. The highest BCUT2D eigenvalue weighted by molar-refractivity contribution is 4.72. The summed E-state index contributed by atoms with van der Waals surface area (Å²) in [7, 11) is 1.62. The topological polar surface area (TPSA) is 27.7 Å². The summed E-state index contributed by atoms with van der Waals surface area (Å²) in [5, 5.41) is 0. The number of hydrogen-bond acceptors (Lipinski definition) is 3. The molecule has 0 aromatic heterocycles. The molecule has 11 heavy (non-hydrogen) atoms. The van der Waals surface area contributed by atoms with E-state index >= 15 is 0 Å². The summed E-state index contributed by atoms with van der Waals surface area (Å²) in [5.41, 5.74) is 0. The van der Waals surface area contributed by atoms with Gasteiger partial charge in [0.2, 0.25) is 0 Å². The van der Waals surface area contributed by atoms with Crippen LogP contribution >= 0.6 is 0 Å². The summed E-state index contributed by atoms with van der Waals surface area (Å²) in [6, 6.07) is 0. The Labute approximate surface area is 67.6 Å². The third-order valence-corrected chi connectivity index (χ3v) is 2.05. The van der Waals surface area contributed by atoms with E-state index < -0.39 is 0 Å². The monoisotopic (exact) mass is 160 g/mol. The molecule has 0 aromatic carbocycles. The van der Waals surface area contributed by atoms with Gasteiger partial charge in [-0.1, -0.05) is 6.92 Å². The first-order valence-corrected chi connectivity index (χ1v) is 4.10. The molecule has 66 valence electrons. The molecule has 0 N–H and O–H groups in total. The highest BCUT2D eigenvalue weighted by Crippen LogP contribution is 2.29. The normalized spacial score (nSPS) is 31.1. The van der Waals surface area contributed by atoms with E-state index in [4.69, 9.17) is 14.2 Å². The van der Waals surface area contributed by atoms with Crippen LogP contribution in [-0.2, 0) is 14.2 Å². The Kier molecular flexibility index (Phi) is 3.30. The predicted molar refractivity (Wildman–Crippen MR) is 41.2 cm³/mol. The standard InChI is InChI=1S/C8H16O3/c1-3-8(11-7-9-2)5-4-6-10-8/h3-7H2,1-2H3. The van der Waals surface area contributed by atoms with Gasteiger partial charge < -0.3 is 14.2 Å². The molecule has 0 aliphatic carbocycles. The van der Waals surface area contributed by atoms with Gasteiger partial charge in [0.15, 0.2) is 5.79 Å². The van der Waals surface area contributed by atoms with Crippen LogP contribution in [0.3, 0.4) is 0 Å². The van der Waals surface area contributed by atoms with Gasteiger partial charge in [0.25, 0.3) is 0 Å². The Morgan fingerprint density at radius 2 is 2.36 bits per heavy atom. The van der Waals surface area contributed by atoms with E-state index in [0.29, 0.717) is 6.79 Å². The Morgan fingerprint density at radius 3 is 2.82 bits per heavy atom. The number of hydrogen-bond donors (Lipinski definition) is 0. The highest BCUT2D eigenvalue weighted by atomic mass is 16.8. The minimum atomic E-state index is -0.337. The van der Waals surface area contributed by atoms with Gasteiger partial charge in [-0.3, -0.25) is 0 Å². The minimum Gasteiger partial charge on any atom is -0.359 e. The average molecular weight is 160 g/mol. The van der Waals surface area contributed by atoms with Crippen molar-refractivity contribution in [3.05, 3.63) is 0 Å². The van der Waals surface area contributed by atoms with Crippen molar-refractivity contribution >= 4 is 0 Å². The second kappa shape index (κ2) is 4.04. The molecule has 1 heterocycles. The van der Waals surface area contributed by atoms with E-state index in [1.54, 1.807) is 7.11 Å². The molecule has 0 aromatic rings. The molecule has 0 radical (unpaired) electrons. The van der Waals surface area contributed by atoms with Crippen molar-refractivity contribution < 1.29 is 14.2 Å². The van der Waals surface area contributed by atoms with Crippen molar-refractivity contribution in [1.82, 2.24) is 0 Å². The number of methoxy groups -OCH3 is 1. The Balaban J connectivity index is 2.33. The summed E-state index contributed by atoms with van der Waals surface area (Å²) in [4.78, 5) is 0. The van der Waals surface area contributed by atoms with E-state index in [0.717, 1.165) is 25.9 Å². The summed E-state index contributed by atoms with van der Waals surface area (Å²) >= 11 is 0. The zero-order chi connectivity index (χ0) is 8.16. The smallest absolute Gasteiger partial charge is 0.170 e. The zero-order valence-corrected chi connectivity index (χ0v) is 7.26. The van der Waals surface area contributed by atoms with Crippen molar-refractivity contribution in [2.75, 3.05) is 20.5 Å². The van der Waals surface area contributed by atoms with Crippen molar-refractivity contribution in [3.8, 4) is 0 Å². The molecular formula is C8H16O3. The third kappa shape index (κ3) is 2.15. The molecule has 1 atom stereocenters. The Hall–Kier alpha value is -0.120. The van der Waals surface area contributed by atoms with E-state index in [2.05, 4.69) is 6.92 Å². The molecule has 1 aliphatic heterocycles. The van der Waals surface area contributed by atoms with Gasteiger partial charge in [0, 0.05) is 13.5 Å². The van der Waals surface area contributed by atoms with Crippen molar-refractivity contribution in [1.29, 1.82) is 0 Å². The van der Waals surface area contributed by atoms with Crippen LogP contribution in [0.4, 0.5) is 0 Å². The highest BCUT2D eigenvalue weighted by Gasteiger charge is 2.33. The summed E-state index contributed by atoms with van der Waals surface area (Å²) in [6.45, 7) is 3.21. The van der Waals surface area contributed by atoms with Crippen LogP contribution in [0.5, 0.6) is 0 Å². The van der Waals surface area contributed by atoms with Gasteiger partial charge in [-0.2, -0.15) is 0 Å². The summed E-state index contributed by atoms with van der Waals surface area (Å²) in [5.74, 6) is -0.337. The lowest BCUT2D eigenvalue weighted by Crippen LogP contribution is -2.31. The molecule has 1 fully saturated rings. The van der Waals surface area contributed by atoms with Gasteiger partial charge >= 0.3 is 0 Å². The van der Waals surface area contributed by atoms with Crippen molar-refractivity contribution in [2.45, 2.75) is 32.0 Å². The number of rotatable bonds is 4. The van der Waals surface area contributed by atoms with Crippen LogP contribution < -0.4 is 0 Å². The van der Waals surface area contributed by atoms with Crippen molar-refractivity contribution in [2.24, 2.45) is 0 Å². The molecule has 0 saturated carbocycles. The molecule has 3 heteroatoms. The second-order valence-corrected chi connectivity index (χ2v) is 2.77. The molecule has 0 amide bonds. The molecule has 1 aliphatic rings. The molecular weight excluding hydrogens is 144 g/mol. The predicted octanol–water partition coefficient (Wildman–Crippen LogP) is 1.52. The maximum atomic E-state index is 5.49. The molecule has 1 rings (SSSR count). The van der Waals surface area contributed by atoms with Crippen LogP contribution in [0.15, 0.2) is 0 Å². The van der Waals surface area contributed by atoms with Gasteiger partial charge in [0.1, 0.15) is 6.79 Å². The minimum absolute atomic E-state index is 0.327.